The number of benzene rings is 1. The first-order chi connectivity index (χ1) is 8.88. The molecule has 1 heteroatoms. The first kappa shape index (κ1) is 13.4. The Morgan fingerprint density at radius 3 is 2.50 bits per heavy atom. The van der Waals surface area contributed by atoms with E-state index in [0.717, 1.165) is 6.54 Å². The molecule has 0 atom stereocenters. The Balaban J connectivity index is 1.89. The molecule has 1 aliphatic rings. The van der Waals surface area contributed by atoms with E-state index in [2.05, 4.69) is 48.2 Å². The number of rotatable bonds is 2. The van der Waals surface area contributed by atoms with Crippen molar-refractivity contribution in [3.8, 4) is 0 Å². The van der Waals surface area contributed by atoms with Crippen molar-refractivity contribution in [1.29, 1.82) is 0 Å². The molecule has 18 heavy (non-hydrogen) atoms. The van der Waals surface area contributed by atoms with Crippen LogP contribution in [0.15, 0.2) is 42.0 Å². The minimum absolute atomic E-state index is 1.12. The molecule has 1 saturated heterocycles. The second-order valence-corrected chi connectivity index (χ2v) is 5.27. The van der Waals surface area contributed by atoms with E-state index in [1.54, 1.807) is 5.57 Å². The molecule has 0 spiro atoms. The zero-order valence-electron chi connectivity index (χ0n) is 11.6. The molecular weight excluding hydrogens is 218 g/mol. The van der Waals surface area contributed by atoms with Gasteiger partial charge in [0, 0.05) is 6.54 Å². The van der Waals surface area contributed by atoms with Gasteiger partial charge in [-0.25, -0.2) is 0 Å². The Hall–Kier alpha value is -1.08. The number of allylic oxidation sites excluding steroid dienone is 2. The molecule has 0 N–H and O–H groups in total. The molecule has 2 rings (SSSR count). The third-order valence-electron chi connectivity index (χ3n) is 3.85. The number of hydrogen-bond donors (Lipinski definition) is 0. The van der Waals surface area contributed by atoms with Gasteiger partial charge in [0.2, 0.25) is 0 Å². The quantitative estimate of drug-likeness (QED) is 0.696. The Labute approximate surface area is 112 Å². The van der Waals surface area contributed by atoms with Gasteiger partial charge in [-0.2, -0.15) is 0 Å². The summed E-state index contributed by atoms with van der Waals surface area (Å²) in [5.41, 5.74) is 3.11. The zero-order valence-corrected chi connectivity index (χ0v) is 11.6. The van der Waals surface area contributed by atoms with Crippen molar-refractivity contribution in [2.45, 2.75) is 45.6 Å². The van der Waals surface area contributed by atoms with Crippen LogP contribution in [0.1, 0.15) is 44.6 Å². The molecule has 0 radical (unpaired) electrons. The Morgan fingerprint density at radius 1 is 1.00 bits per heavy atom. The van der Waals surface area contributed by atoms with Crippen molar-refractivity contribution in [3.05, 3.63) is 47.5 Å². The highest BCUT2D eigenvalue weighted by Gasteiger charge is 2.09. The summed E-state index contributed by atoms with van der Waals surface area (Å²) >= 11 is 0. The van der Waals surface area contributed by atoms with Gasteiger partial charge in [-0.1, -0.05) is 42.0 Å². The average molecular weight is 243 g/mol. The minimum atomic E-state index is 1.12. The van der Waals surface area contributed by atoms with Crippen molar-refractivity contribution in [1.82, 2.24) is 4.90 Å². The van der Waals surface area contributed by atoms with Gasteiger partial charge in [-0.15, -0.1) is 0 Å². The predicted octanol–water partition coefficient (Wildman–Crippen LogP) is 4.40. The van der Waals surface area contributed by atoms with Crippen LogP contribution in [0.3, 0.4) is 0 Å². The molecule has 1 nitrogen and oxygen atoms in total. The summed E-state index contributed by atoms with van der Waals surface area (Å²) in [5, 5.41) is 0. The molecule has 0 unspecified atom stereocenters. The van der Waals surface area contributed by atoms with Crippen LogP contribution in [-0.4, -0.2) is 18.0 Å². The molecule has 98 valence electrons. The molecule has 1 aromatic rings. The molecule has 0 amide bonds. The van der Waals surface area contributed by atoms with Crippen molar-refractivity contribution >= 4 is 0 Å². The van der Waals surface area contributed by atoms with Gasteiger partial charge in [0.1, 0.15) is 0 Å². The molecule has 0 bridgehead atoms. The lowest BCUT2D eigenvalue weighted by Crippen LogP contribution is -2.25. The zero-order chi connectivity index (χ0) is 12.6. The van der Waals surface area contributed by atoms with E-state index in [1.165, 1.54) is 50.8 Å². The minimum Gasteiger partial charge on any atom is -0.299 e. The highest BCUT2D eigenvalue weighted by atomic mass is 15.1. The highest BCUT2D eigenvalue weighted by Crippen LogP contribution is 2.18. The van der Waals surface area contributed by atoms with E-state index < -0.39 is 0 Å². The third-order valence-corrected chi connectivity index (χ3v) is 3.85. The smallest absolute Gasteiger partial charge is 0.0233 e. The maximum Gasteiger partial charge on any atom is 0.0233 e. The van der Waals surface area contributed by atoms with Crippen LogP contribution in [0.2, 0.25) is 0 Å². The third kappa shape index (κ3) is 4.30. The summed E-state index contributed by atoms with van der Waals surface area (Å²) in [6.45, 7) is 5.80. The van der Waals surface area contributed by atoms with Crippen molar-refractivity contribution < 1.29 is 0 Å². The fourth-order valence-corrected chi connectivity index (χ4v) is 2.74. The summed E-state index contributed by atoms with van der Waals surface area (Å²) in [4.78, 5) is 2.62. The number of nitrogens with zero attached hydrogens (tertiary/aromatic N) is 1. The topological polar surface area (TPSA) is 3.24 Å². The average Bonchev–Trinajstić information content (AvgIpc) is 2.52. The lowest BCUT2D eigenvalue weighted by molar-refractivity contribution is 0.261. The molecule has 1 aliphatic heterocycles. The van der Waals surface area contributed by atoms with Crippen LogP contribution < -0.4 is 0 Å². The van der Waals surface area contributed by atoms with Crippen LogP contribution in [0.5, 0.6) is 0 Å². The van der Waals surface area contributed by atoms with E-state index >= 15 is 0 Å². The predicted molar refractivity (Wildman–Crippen MR) is 78.6 cm³/mol. The maximum absolute atomic E-state index is 2.62. The van der Waals surface area contributed by atoms with Gasteiger partial charge >= 0.3 is 0 Å². The first-order valence-corrected chi connectivity index (χ1v) is 7.29. The van der Waals surface area contributed by atoms with Crippen LogP contribution in [0, 0.1) is 0 Å². The summed E-state index contributed by atoms with van der Waals surface area (Å²) < 4.78 is 0. The standard InChI is InChI=1S/C17H25N/c1-2-16-9-6-7-13-18(14-8-12-16)15-17-10-4-3-5-11-17/h2-5,10-11H,6-9,12-15H2,1H3. The fraction of sp³-hybridized carbons (Fsp3) is 0.529. The van der Waals surface area contributed by atoms with Crippen LogP contribution >= 0.6 is 0 Å². The lowest BCUT2D eigenvalue weighted by Gasteiger charge is -2.21. The summed E-state index contributed by atoms with van der Waals surface area (Å²) in [7, 11) is 0. The van der Waals surface area contributed by atoms with Gasteiger partial charge in [0.25, 0.3) is 0 Å². The molecule has 1 fully saturated rings. The van der Waals surface area contributed by atoms with Crippen LogP contribution in [0.25, 0.3) is 0 Å². The second kappa shape index (κ2) is 7.38. The molecule has 0 saturated carbocycles. The monoisotopic (exact) mass is 243 g/mol. The van der Waals surface area contributed by atoms with E-state index in [9.17, 15) is 0 Å². The Morgan fingerprint density at radius 2 is 1.72 bits per heavy atom. The van der Waals surface area contributed by atoms with E-state index in [1.807, 2.05) is 0 Å². The van der Waals surface area contributed by atoms with Crippen molar-refractivity contribution in [3.63, 3.8) is 0 Å². The summed E-state index contributed by atoms with van der Waals surface area (Å²) in [6.07, 6.45) is 8.94. The van der Waals surface area contributed by atoms with Gasteiger partial charge in [0.15, 0.2) is 0 Å². The van der Waals surface area contributed by atoms with Gasteiger partial charge in [0.05, 0.1) is 0 Å². The number of hydrogen-bond acceptors (Lipinski definition) is 1. The Bertz CT molecular complexity index is 366. The molecule has 1 heterocycles. The van der Waals surface area contributed by atoms with E-state index in [-0.39, 0.29) is 0 Å². The molecular formula is C17H25N. The second-order valence-electron chi connectivity index (χ2n) is 5.27. The van der Waals surface area contributed by atoms with Gasteiger partial charge in [-0.3, -0.25) is 4.90 Å². The van der Waals surface area contributed by atoms with Gasteiger partial charge in [-0.05, 0) is 57.7 Å². The first-order valence-electron chi connectivity index (χ1n) is 7.29. The molecule has 0 aromatic heterocycles. The van der Waals surface area contributed by atoms with Crippen molar-refractivity contribution in [2.24, 2.45) is 0 Å². The molecule has 0 aliphatic carbocycles. The van der Waals surface area contributed by atoms with Gasteiger partial charge < -0.3 is 0 Å². The normalized spacial score (nSPS) is 21.3. The Kier molecular flexibility index (Phi) is 5.47. The van der Waals surface area contributed by atoms with Crippen LogP contribution in [-0.2, 0) is 6.54 Å². The summed E-state index contributed by atoms with van der Waals surface area (Å²) in [6, 6.07) is 10.9. The lowest BCUT2D eigenvalue weighted by atomic mass is 10.0. The highest BCUT2D eigenvalue weighted by molar-refractivity contribution is 5.14. The van der Waals surface area contributed by atoms with Crippen molar-refractivity contribution in [2.75, 3.05) is 13.1 Å². The van der Waals surface area contributed by atoms with Crippen LogP contribution in [0.4, 0.5) is 0 Å². The van der Waals surface area contributed by atoms with E-state index in [4.69, 9.17) is 0 Å². The maximum atomic E-state index is 2.62. The SMILES string of the molecule is CC=C1CCCCN(Cc2ccccc2)CCC1. The largest absolute Gasteiger partial charge is 0.299 e. The molecule has 1 aromatic carbocycles. The fourth-order valence-electron chi connectivity index (χ4n) is 2.74. The summed E-state index contributed by atoms with van der Waals surface area (Å²) in [5.74, 6) is 0. The van der Waals surface area contributed by atoms with E-state index in [0.29, 0.717) is 0 Å².